The lowest BCUT2D eigenvalue weighted by atomic mass is 9.84. The first-order chi connectivity index (χ1) is 9.72. The van der Waals surface area contributed by atoms with E-state index in [1.807, 2.05) is 12.1 Å². The largest absolute Gasteiger partial charge is 0.434 e. The summed E-state index contributed by atoms with van der Waals surface area (Å²) in [6.07, 6.45) is 2.49. The monoisotopic (exact) mass is 282 g/mol. The van der Waals surface area contributed by atoms with Gasteiger partial charge in [-0.25, -0.2) is 0 Å². The standard InChI is InChI=1S/C15H20F2N2O/c16-15(17)20-14-4-2-1-3-12(14)9-18-13-10-19-7-5-11(13)6-8-19/h1-4,11,13,15,18H,5-10H2. The molecule has 1 N–H and O–H groups in total. The lowest BCUT2D eigenvalue weighted by Gasteiger charge is -2.45. The van der Waals surface area contributed by atoms with Crippen LogP contribution in [0.25, 0.3) is 0 Å². The molecule has 0 radical (unpaired) electrons. The van der Waals surface area contributed by atoms with Crippen LogP contribution in [0.5, 0.6) is 5.75 Å². The molecule has 2 bridgehead atoms. The van der Waals surface area contributed by atoms with Gasteiger partial charge in [0.1, 0.15) is 5.75 Å². The number of para-hydroxylation sites is 1. The molecule has 1 aromatic carbocycles. The number of ether oxygens (including phenoxy) is 1. The van der Waals surface area contributed by atoms with Crippen LogP contribution in [0.4, 0.5) is 8.78 Å². The molecule has 0 aliphatic carbocycles. The van der Waals surface area contributed by atoms with Crippen LogP contribution in [-0.4, -0.2) is 37.2 Å². The maximum Gasteiger partial charge on any atom is 0.387 e. The van der Waals surface area contributed by atoms with Gasteiger partial charge in [0.25, 0.3) is 0 Å². The number of benzene rings is 1. The molecule has 20 heavy (non-hydrogen) atoms. The van der Waals surface area contributed by atoms with Crippen molar-refractivity contribution in [1.82, 2.24) is 10.2 Å². The van der Waals surface area contributed by atoms with Gasteiger partial charge < -0.3 is 15.0 Å². The Bertz CT molecular complexity index is 447. The average Bonchev–Trinajstić information content (AvgIpc) is 2.47. The molecule has 0 amide bonds. The number of hydrogen-bond donors (Lipinski definition) is 1. The Balaban J connectivity index is 1.61. The summed E-state index contributed by atoms with van der Waals surface area (Å²) in [5.74, 6) is 0.999. The number of rotatable bonds is 5. The van der Waals surface area contributed by atoms with E-state index < -0.39 is 6.61 Å². The third kappa shape index (κ3) is 3.10. The molecule has 3 heterocycles. The van der Waals surface area contributed by atoms with Crippen LogP contribution in [0.15, 0.2) is 24.3 Å². The van der Waals surface area contributed by atoms with E-state index in [-0.39, 0.29) is 5.75 Å². The van der Waals surface area contributed by atoms with Crippen LogP contribution < -0.4 is 10.1 Å². The van der Waals surface area contributed by atoms with Gasteiger partial charge in [-0.15, -0.1) is 0 Å². The fraction of sp³-hybridized carbons (Fsp3) is 0.600. The summed E-state index contributed by atoms with van der Waals surface area (Å²) in [4.78, 5) is 2.47. The molecule has 3 saturated heterocycles. The Hall–Kier alpha value is -1.20. The summed E-state index contributed by atoms with van der Waals surface area (Å²) >= 11 is 0. The summed E-state index contributed by atoms with van der Waals surface area (Å²) < 4.78 is 29.3. The van der Waals surface area contributed by atoms with Gasteiger partial charge in [-0.2, -0.15) is 8.78 Å². The number of nitrogens with one attached hydrogen (secondary N) is 1. The van der Waals surface area contributed by atoms with Gasteiger partial charge in [-0.05, 0) is 37.9 Å². The third-order valence-corrected chi connectivity index (χ3v) is 4.40. The maximum atomic E-state index is 12.4. The minimum absolute atomic E-state index is 0.274. The van der Waals surface area contributed by atoms with E-state index in [1.54, 1.807) is 12.1 Å². The fourth-order valence-electron chi connectivity index (χ4n) is 3.30. The summed E-state index contributed by atoms with van der Waals surface area (Å²) in [6.45, 7) is 1.29. The molecule has 4 rings (SSSR count). The van der Waals surface area contributed by atoms with Gasteiger partial charge >= 0.3 is 6.61 Å². The highest BCUT2D eigenvalue weighted by Crippen LogP contribution is 2.28. The van der Waals surface area contributed by atoms with Gasteiger partial charge in [-0.1, -0.05) is 18.2 Å². The molecule has 3 nitrogen and oxygen atoms in total. The van der Waals surface area contributed by atoms with Crippen molar-refractivity contribution in [3.63, 3.8) is 0 Å². The van der Waals surface area contributed by atoms with Crippen LogP contribution in [0.1, 0.15) is 18.4 Å². The van der Waals surface area contributed by atoms with E-state index >= 15 is 0 Å². The number of fused-ring (bicyclic) bond motifs is 3. The number of piperidine rings is 3. The van der Waals surface area contributed by atoms with Gasteiger partial charge in [0.15, 0.2) is 0 Å². The lowest BCUT2D eigenvalue weighted by molar-refractivity contribution is -0.0505. The Morgan fingerprint density at radius 1 is 1.25 bits per heavy atom. The Kier molecular flexibility index (Phi) is 4.17. The second-order valence-electron chi connectivity index (χ2n) is 5.61. The molecule has 0 saturated carbocycles. The van der Waals surface area contributed by atoms with E-state index in [1.165, 1.54) is 25.9 Å². The zero-order valence-corrected chi connectivity index (χ0v) is 11.4. The molecule has 110 valence electrons. The topological polar surface area (TPSA) is 24.5 Å². The predicted octanol–water partition coefficient (Wildman–Crippen LogP) is 2.47. The SMILES string of the molecule is FC(F)Oc1ccccc1CNC1CN2CCC1CC2. The van der Waals surface area contributed by atoms with Crippen molar-refractivity contribution in [2.24, 2.45) is 5.92 Å². The molecular weight excluding hydrogens is 262 g/mol. The van der Waals surface area contributed by atoms with E-state index in [4.69, 9.17) is 0 Å². The van der Waals surface area contributed by atoms with Gasteiger partial charge in [-0.3, -0.25) is 0 Å². The zero-order valence-electron chi connectivity index (χ0n) is 11.4. The zero-order chi connectivity index (χ0) is 13.9. The van der Waals surface area contributed by atoms with Crippen LogP contribution in [0, 0.1) is 5.92 Å². The lowest BCUT2D eigenvalue weighted by Crippen LogP contribution is -2.55. The number of alkyl halides is 2. The van der Waals surface area contributed by atoms with E-state index in [0.29, 0.717) is 12.6 Å². The second kappa shape index (κ2) is 6.06. The van der Waals surface area contributed by atoms with Crippen LogP contribution in [0.2, 0.25) is 0 Å². The molecule has 1 aromatic rings. The van der Waals surface area contributed by atoms with E-state index in [9.17, 15) is 8.78 Å². The summed E-state index contributed by atoms with van der Waals surface area (Å²) in [7, 11) is 0. The van der Waals surface area contributed by atoms with E-state index in [0.717, 1.165) is 18.0 Å². The maximum absolute atomic E-state index is 12.4. The number of hydrogen-bond acceptors (Lipinski definition) is 3. The van der Waals surface area contributed by atoms with Crippen LogP contribution in [0.3, 0.4) is 0 Å². The molecule has 3 fully saturated rings. The van der Waals surface area contributed by atoms with Crippen molar-refractivity contribution in [1.29, 1.82) is 0 Å². The summed E-state index contributed by atoms with van der Waals surface area (Å²) in [5.41, 5.74) is 0.796. The molecule has 3 aliphatic heterocycles. The Morgan fingerprint density at radius 2 is 2.00 bits per heavy atom. The predicted molar refractivity (Wildman–Crippen MR) is 72.9 cm³/mol. The minimum atomic E-state index is -2.77. The molecule has 1 unspecified atom stereocenters. The van der Waals surface area contributed by atoms with Crippen molar-refractivity contribution in [3.05, 3.63) is 29.8 Å². The first-order valence-electron chi connectivity index (χ1n) is 7.21. The molecule has 3 aliphatic rings. The number of nitrogens with zero attached hydrogens (tertiary/aromatic N) is 1. The smallest absolute Gasteiger partial charge is 0.387 e. The third-order valence-electron chi connectivity index (χ3n) is 4.40. The van der Waals surface area contributed by atoms with Crippen molar-refractivity contribution in [2.45, 2.75) is 32.0 Å². The Labute approximate surface area is 117 Å². The van der Waals surface area contributed by atoms with Crippen LogP contribution in [-0.2, 0) is 6.54 Å². The normalized spacial score (nSPS) is 28.9. The first kappa shape index (κ1) is 13.8. The van der Waals surface area contributed by atoms with Gasteiger partial charge in [0, 0.05) is 24.7 Å². The second-order valence-corrected chi connectivity index (χ2v) is 5.61. The fourth-order valence-corrected chi connectivity index (χ4v) is 3.30. The molecule has 0 aromatic heterocycles. The van der Waals surface area contributed by atoms with Gasteiger partial charge in [0.2, 0.25) is 0 Å². The first-order valence-corrected chi connectivity index (χ1v) is 7.21. The highest BCUT2D eigenvalue weighted by Gasteiger charge is 2.33. The Morgan fingerprint density at radius 3 is 2.65 bits per heavy atom. The highest BCUT2D eigenvalue weighted by molar-refractivity contribution is 5.33. The van der Waals surface area contributed by atoms with Crippen molar-refractivity contribution < 1.29 is 13.5 Å². The van der Waals surface area contributed by atoms with E-state index in [2.05, 4.69) is 15.0 Å². The van der Waals surface area contributed by atoms with Crippen LogP contribution >= 0.6 is 0 Å². The van der Waals surface area contributed by atoms with Gasteiger partial charge in [0.05, 0.1) is 0 Å². The molecule has 5 heteroatoms. The number of halogens is 2. The summed E-state index contributed by atoms with van der Waals surface area (Å²) in [6, 6.07) is 7.48. The highest BCUT2D eigenvalue weighted by atomic mass is 19.3. The van der Waals surface area contributed by atoms with Crippen molar-refractivity contribution in [3.8, 4) is 5.75 Å². The molecular formula is C15H20F2N2O. The van der Waals surface area contributed by atoms with Crippen molar-refractivity contribution >= 4 is 0 Å². The van der Waals surface area contributed by atoms with Crippen molar-refractivity contribution in [2.75, 3.05) is 19.6 Å². The molecule has 1 atom stereocenters. The quantitative estimate of drug-likeness (QED) is 0.898. The summed E-state index contributed by atoms with van der Waals surface area (Å²) in [5, 5.41) is 3.52. The average molecular weight is 282 g/mol. The molecule has 0 spiro atoms. The minimum Gasteiger partial charge on any atom is -0.434 e.